The second kappa shape index (κ2) is 7.18. The van der Waals surface area contributed by atoms with Gasteiger partial charge in [0.05, 0.1) is 0 Å². The summed E-state index contributed by atoms with van der Waals surface area (Å²) in [5.41, 5.74) is 1.26. The number of hydrogen-bond donors (Lipinski definition) is 0. The highest BCUT2D eigenvalue weighted by Crippen LogP contribution is 2.25. The Labute approximate surface area is 128 Å². The SMILES string of the molecule is CC(=O)SC1CC(=O)N(CCSc2ccc(C)cc2)C1. The van der Waals surface area contributed by atoms with Crippen LogP contribution in [-0.4, -0.2) is 40.0 Å². The van der Waals surface area contributed by atoms with Gasteiger partial charge in [-0.05, 0) is 19.1 Å². The maximum Gasteiger partial charge on any atom is 0.223 e. The summed E-state index contributed by atoms with van der Waals surface area (Å²) in [6, 6.07) is 8.42. The predicted octanol–water partition coefficient (Wildman–Crippen LogP) is 2.97. The lowest BCUT2D eigenvalue weighted by Gasteiger charge is -2.15. The molecule has 0 saturated carbocycles. The molecule has 3 nitrogen and oxygen atoms in total. The summed E-state index contributed by atoms with van der Waals surface area (Å²) in [7, 11) is 0. The molecule has 1 atom stereocenters. The van der Waals surface area contributed by atoms with Crippen molar-refractivity contribution in [3.05, 3.63) is 29.8 Å². The van der Waals surface area contributed by atoms with E-state index in [0.717, 1.165) is 12.3 Å². The maximum atomic E-state index is 11.8. The van der Waals surface area contributed by atoms with Crippen LogP contribution in [0.15, 0.2) is 29.2 Å². The topological polar surface area (TPSA) is 37.4 Å². The quantitative estimate of drug-likeness (QED) is 0.784. The number of rotatable bonds is 5. The van der Waals surface area contributed by atoms with E-state index in [0.29, 0.717) is 13.0 Å². The zero-order valence-electron chi connectivity index (χ0n) is 11.8. The molecule has 0 aromatic heterocycles. The lowest BCUT2D eigenvalue weighted by atomic mass is 10.2. The molecule has 1 aromatic rings. The number of aryl methyl sites for hydroxylation is 1. The van der Waals surface area contributed by atoms with Crippen molar-refractivity contribution in [1.82, 2.24) is 4.90 Å². The van der Waals surface area contributed by atoms with Crippen molar-refractivity contribution >= 4 is 34.5 Å². The second-order valence-electron chi connectivity index (χ2n) is 4.94. The number of carbonyl (C=O) groups is 2. The summed E-state index contributed by atoms with van der Waals surface area (Å²) in [6.45, 7) is 5.10. The molecule has 0 aliphatic carbocycles. The molecule has 1 heterocycles. The molecular weight excluding hydrogens is 290 g/mol. The van der Waals surface area contributed by atoms with E-state index in [4.69, 9.17) is 0 Å². The Bertz CT molecular complexity index is 487. The van der Waals surface area contributed by atoms with Crippen LogP contribution in [0.2, 0.25) is 0 Å². The number of likely N-dealkylation sites (tertiary alicyclic amines) is 1. The van der Waals surface area contributed by atoms with E-state index in [1.165, 1.54) is 22.2 Å². The van der Waals surface area contributed by atoms with Crippen LogP contribution >= 0.6 is 23.5 Å². The Morgan fingerprint density at radius 2 is 2.05 bits per heavy atom. The van der Waals surface area contributed by atoms with Crippen LogP contribution < -0.4 is 0 Å². The maximum absolute atomic E-state index is 11.8. The minimum atomic E-state index is 0.0960. The van der Waals surface area contributed by atoms with Gasteiger partial charge in [-0.2, -0.15) is 0 Å². The molecule has 1 aromatic carbocycles. The van der Waals surface area contributed by atoms with Gasteiger partial charge in [0.25, 0.3) is 0 Å². The first-order valence-corrected chi connectivity index (χ1v) is 8.55. The van der Waals surface area contributed by atoms with Gasteiger partial charge in [0.15, 0.2) is 5.12 Å². The lowest BCUT2D eigenvalue weighted by Crippen LogP contribution is -2.28. The van der Waals surface area contributed by atoms with Crippen molar-refractivity contribution in [2.45, 2.75) is 30.4 Å². The molecule has 1 saturated heterocycles. The normalized spacial score (nSPS) is 18.6. The van der Waals surface area contributed by atoms with Gasteiger partial charge in [0, 0.05) is 42.3 Å². The Hall–Kier alpha value is -0.940. The molecule has 0 N–H and O–H groups in total. The molecule has 108 valence electrons. The number of nitrogens with zero attached hydrogens (tertiary/aromatic N) is 1. The molecule has 1 aliphatic rings. The third-order valence-corrected chi connectivity index (χ3v) is 5.14. The van der Waals surface area contributed by atoms with Crippen LogP contribution in [0.1, 0.15) is 18.9 Å². The number of benzene rings is 1. The Morgan fingerprint density at radius 1 is 1.35 bits per heavy atom. The summed E-state index contributed by atoms with van der Waals surface area (Å²) in [5.74, 6) is 1.07. The second-order valence-corrected chi connectivity index (χ2v) is 7.58. The van der Waals surface area contributed by atoms with E-state index >= 15 is 0 Å². The Balaban J connectivity index is 1.75. The fourth-order valence-electron chi connectivity index (χ4n) is 2.17. The molecule has 1 fully saturated rings. The van der Waals surface area contributed by atoms with E-state index in [1.54, 1.807) is 18.7 Å². The summed E-state index contributed by atoms with van der Waals surface area (Å²) < 4.78 is 0. The van der Waals surface area contributed by atoms with Crippen molar-refractivity contribution in [3.63, 3.8) is 0 Å². The fraction of sp³-hybridized carbons (Fsp3) is 0.467. The van der Waals surface area contributed by atoms with Gasteiger partial charge in [0.2, 0.25) is 5.91 Å². The van der Waals surface area contributed by atoms with Gasteiger partial charge >= 0.3 is 0 Å². The highest BCUT2D eigenvalue weighted by atomic mass is 32.2. The fourth-order valence-corrected chi connectivity index (χ4v) is 4.00. The molecule has 2 rings (SSSR count). The Morgan fingerprint density at radius 3 is 2.70 bits per heavy atom. The predicted molar refractivity (Wildman–Crippen MR) is 85.2 cm³/mol. The molecule has 1 amide bonds. The highest BCUT2D eigenvalue weighted by molar-refractivity contribution is 8.14. The summed E-state index contributed by atoms with van der Waals surface area (Å²) in [6.07, 6.45) is 0.499. The van der Waals surface area contributed by atoms with Crippen LogP contribution in [0, 0.1) is 6.92 Å². The third-order valence-electron chi connectivity index (χ3n) is 3.16. The van der Waals surface area contributed by atoms with Crippen molar-refractivity contribution in [3.8, 4) is 0 Å². The zero-order valence-corrected chi connectivity index (χ0v) is 13.4. The van der Waals surface area contributed by atoms with Gasteiger partial charge in [-0.15, -0.1) is 11.8 Å². The number of amides is 1. The van der Waals surface area contributed by atoms with Crippen LogP contribution in [0.5, 0.6) is 0 Å². The Kier molecular flexibility index (Phi) is 5.54. The largest absolute Gasteiger partial charge is 0.341 e. The van der Waals surface area contributed by atoms with Crippen LogP contribution in [0.25, 0.3) is 0 Å². The number of carbonyl (C=O) groups excluding carboxylic acids is 2. The van der Waals surface area contributed by atoms with E-state index < -0.39 is 0 Å². The van der Waals surface area contributed by atoms with Gasteiger partial charge < -0.3 is 4.90 Å². The van der Waals surface area contributed by atoms with E-state index in [9.17, 15) is 9.59 Å². The minimum absolute atomic E-state index is 0.0960. The van der Waals surface area contributed by atoms with Gasteiger partial charge in [-0.3, -0.25) is 9.59 Å². The molecule has 0 bridgehead atoms. The standard InChI is InChI=1S/C15H19NO2S2/c1-11-3-5-13(6-4-11)19-8-7-16-10-14(9-15(16)18)20-12(2)17/h3-6,14H,7-10H2,1-2H3. The average Bonchev–Trinajstić information content (AvgIpc) is 2.71. The first-order chi connectivity index (χ1) is 9.54. The number of thioether (sulfide) groups is 2. The van der Waals surface area contributed by atoms with E-state index in [1.807, 2.05) is 4.90 Å². The number of hydrogen-bond acceptors (Lipinski definition) is 4. The molecule has 1 unspecified atom stereocenters. The van der Waals surface area contributed by atoms with Crippen molar-refractivity contribution < 1.29 is 9.59 Å². The van der Waals surface area contributed by atoms with Crippen molar-refractivity contribution in [2.75, 3.05) is 18.8 Å². The van der Waals surface area contributed by atoms with Crippen molar-refractivity contribution in [2.24, 2.45) is 0 Å². The summed E-state index contributed by atoms with van der Waals surface area (Å²) in [5, 5.41) is 0.239. The molecule has 5 heteroatoms. The van der Waals surface area contributed by atoms with Crippen LogP contribution in [0.3, 0.4) is 0 Å². The first-order valence-electron chi connectivity index (χ1n) is 6.69. The molecule has 20 heavy (non-hydrogen) atoms. The molecule has 1 aliphatic heterocycles. The van der Waals surface area contributed by atoms with Crippen LogP contribution in [0.4, 0.5) is 0 Å². The average molecular weight is 309 g/mol. The first kappa shape index (κ1) is 15.4. The van der Waals surface area contributed by atoms with E-state index in [2.05, 4.69) is 31.2 Å². The summed E-state index contributed by atoms with van der Waals surface area (Å²) in [4.78, 5) is 26.0. The third kappa shape index (κ3) is 4.56. The van der Waals surface area contributed by atoms with Crippen molar-refractivity contribution in [1.29, 1.82) is 0 Å². The minimum Gasteiger partial charge on any atom is -0.341 e. The zero-order chi connectivity index (χ0) is 14.5. The van der Waals surface area contributed by atoms with Gasteiger partial charge in [-0.1, -0.05) is 29.5 Å². The van der Waals surface area contributed by atoms with Crippen LogP contribution in [-0.2, 0) is 9.59 Å². The highest BCUT2D eigenvalue weighted by Gasteiger charge is 2.30. The van der Waals surface area contributed by atoms with Gasteiger partial charge in [-0.25, -0.2) is 0 Å². The molecular formula is C15H19NO2S2. The lowest BCUT2D eigenvalue weighted by molar-refractivity contribution is -0.127. The smallest absolute Gasteiger partial charge is 0.223 e. The molecule has 0 spiro atoms. The monoisotopic (exact) mass is 309 g/mol. The molecule has 0 radical (unpaired) electrons. The summed E-state index contributed by atoms with van der Waals surface area (Å²) >= 11 is 3.06. The van der Waals surface area contributed by atoms with E-state index in [-0.39, 0.29) is 16.3 Å². The van der Waals surface area contributed by atoms with Gasteiger partial charge in [0.1, 0.15) is 0 Å².